The van der Waals surface area contributed by atoms with Gasteiger partial charge in [-0.05, 0) is 112 Å². The number of pyridine rings is 3. The Balaban J connectivity index is 0.000000181. The first-order valence-electron chi connectivity index (χ1n) is 33.0. The molecule has 6 aromatic carbocycles. The number of amides is 3. The quantitative estimate of drug-likeness (QED) is 0.0235. The summed E-state index contributed by atoms with van der Waals surface area (Å²) in [6.07, 6.45) is -14.0. The smallest absolute Gasteiger partial charge is 0.433 e. The Morgan fingerprint density at radius 3 is 1.03 bits per heavy atom. The van der Waals surface area contributed by atoms with Crippen molar-refractivity contribution in [3.05, 3.63) is 230 Å². The maximum absolute atomic E-state index is 14.1. The minimum atomic E-state index is -4.71. The maximum Gasteiger partial charge on any atom is 0.433 e. The molecule has 12 rings (SSSR count). The highest BCUT2D eigenvalue weighted by atomic mass is 32.1. The van der Waals surface area contributed by atoms with Gasteiger partial charge in [0.1, 0.15) is 107 Å². The lowest BCUT2D eigenvalue weighted by molar-refractivity contribution is -0.141. The van der Waals surface area contributed by atoms with Crippen LogP contribution >= 0.6 is 24.4 Å². The van der Waals surface area contributed by atoms with Crippen LogP contribution in [-0.4, -0.2) is 94.4 Å². The minimum absolute atomic E-state index is 0.00264. The Morgan fingerprint density at radius 1 is 0.430 bits per heavy atom. The van der Waals surface area contributed by atoms with Gasteiger partial charge in [-0.3, -0.25) is 14.4 Å². The second-order valence-corrected chi connectivity index (χ2v) is 25.2. The van der Waals surface area contributed by atoms with Crippen molar-refractivity contribution >= 4 is 100 Å². The van der Waals surface area contributed by atoms with Crippen molar-refractivity contribution in [1.82, 2.24) is 56.5 Å². The number of alkyl halides is 9. The SMILES string of the molecule is COc1ccc(-c2nc(C(=S)NCc3ccc(F)cc3F)c([C@H](C)N)o2)c2ccc(C(F)(F)F)nc12.[B]C(=O)N[C@@H](C)c1oc(-c2ccc(OC)c3nc(C(F)(F)F)ccc23)nc1C(=O)NCc1ccc(F)cc1F.[B]C(=O)N[C@@H](C)c1oc(-c2ccc(OC)c3nc(C(F)(F)F)ccc23)nc1C(=S)NCc1ccc(F)cc1F. The number of hydrogen-bond acceptors (Lipinski definition) is 18. The zero-order valence-corrected chi connectivity index (χ0v) is 61.2. The van der Waals surface area contributed by atoms with Crippen LogP contribution in [0.25, 0.3) is 67.1 Å². The lowest BCUT2D eigenvalue weighted by Crippen LogP contribution is -2.29. The molecular weight excluding hydrogens is 1570 g/mol. The molecule has 6 aromatic heterocycles. The lowest BCUT2D eigenvalue weighted by atomic mass is 10.1. The summed E-state index contributed by atoms with van der Waals surface area (Å²) in [6, 6.07) is 21.5. The molecule has 0 aliphatic carbocycles. The van der Waals surface area contributed by atoms with Gasteiger partial charge >= 0.3 is 18.5 Å². The topological polar surface area (TPSA) is 282 Å². The second kappa shape index (κ2) is 34.8. The highest BCUT2D eigenvalue weighted by molar-refractivity contribution is 7.81. The van der Waals surface area contributed by atoms with Crippen LogP contribution in [0.3, 0.4) is 0 Å². The van der Waals surface area contributed by atoms with Crippen molar-refractivity contribution in [3.63, 3.8) is 0 Å². The molecule has 6 heterocycles. The first kappa shape index (κ1) is 84.3. The van der Waals surface area contributed by atoms with Crippen LogP contribution in [0.15, 0.2) is 141 Å². The van der Waals surface area contributed by atoms with E-state index in [0.29, 0.717) is 17.0 Å². The summed E-state index contributed by atoms with van der Waals surface area (Å²) in [5.74, 6) is -7.03. The summed E-state index contributed by atoms with van der Waals surface area (Å²) in [7, 11) is 14.3. The van der Waals surface area contributed by atoms with E-state index in [1.54, 1.807) is 19.9 Å². The molecule has 0 spiro atoms. The number of nitrogens with two attached hydrogens (primary N) is 1. The summed E-state index contributed by atoms with van der Waals surface area (Å²) >= 11 is 10.8. The van der Waals surface area contributed by atoms with Crippen LogP contribution in [0.4, 0.5) is 75.4 Å². The standard InChI is InChI=1S/C25H18BF5N4O4.C25H18BF5N4O3S.C24H19F5N4O2S/c1-11(33-24(26)37)21-20(22(36)32-10-12-3-4-13(27)9-16(12)28)35-23(39-21)15-5-7-17(38-2)19-14(15)6-8-18(34-19)25(29,30)31;1-11(33-24(26)36)21-20(23(39)32-10-12-3-4-13(27)9-16(12)28)35-22(38-21)15-5-7-17(37-2)19-14(15)6-8-18(34-19)25(29,30)31;1-11(30)21-20(23(36)31-10-12-3-4-13(25)9-16(12)26)33-22(35-21)15-5-7-17(34-2)19-14(15)6-8-18(32-19)24(27,28)29/h3-9,11H,10H2,1-2H3,(H,32,36)(H,33,37);3-9,11H,10H2,1-2H3,(H,32,39)(H,33,36);3-9,11H,10,30H2,1-2H3,(H,31,36)/t3*11-/m000/s1. The van der Waals surface area contributed by atoms with Gasteiger partial charge in [0.2, 0.25) is 33.4 Å². The van der Waals surface area contributed by atoms with Crippen LogP contribution in [-0.2, 0) is 38.2 Å². The maximum atomic E-state index is 14.1. The molecule has 4 radical (unpaired) electrons. The molecule has 3 atom stereocenters. The number of methoxy groups -OCH3 is 3. The molecular formula is C74H55B2F15N12O9S2. The Hall–Kier alpha value is -12.2. The number of fused-ring (bicyclic) bond motifs is 3. The van der Waals surface area contributed by atoms with E-state index < -0.39 is 106 Å². The molecule has 21 nitrogen and oxygen atoms in total. The van der Waals surface area contributed by atoms with Crippen molar-refractivity contribution < 1.29 is 108 Å². The van der Waals surface area contributed by atoms with Crippen LogP contribution in [0.2, 0.25) is 0 Å². The number of nitrogens with one attached hydrogen (secondary N) is 5. The highest BCUT2D eigenvalue weighted by Gasteiger charge is 2.37. The number of benzene rings is 6. The molecule has 588 valence electrons. The number of thiocarbonyl (C=S) groups is 2. The summed E-state index contributed by atoms with van der Waals surface area (Å²) < 4.78 is 234. The van der Waals surface area contributed by atoms with Crippen molar-refractivity contribution in [2.75, 3.05) is 21.3 Å². The number of hydrogen-bond donors (Lipinski definition) is 6. The predicted octanol–water partition coefficient (Wildman–Crippen LogP) is 16.3. The van der Waals surface area contributed by atoms with E-state index in [4.69, 9.17) is 73.3 Å². The van der Waals surface area contributed by atoms with Gasteiger partial charge in [-0.25, -0.2) is 56.2 Å². The Morgan fingerprint density at radius 2 is 0.728 bits per heavy atom. The van der Waals surface area contributed by atoms with E-state index in [1.807, 2.05) is 0 Å². The first-order chi connectivity index (χ1) is 53.8. The molecule has 114 heavy (non-hydrogen) atoms. The molecule has 0 unspecified atom stereocenters. The second-order valence-electron chi connectivity index (χ2n) is 24.4. The van der Waals surface area contributed by atoms with Crippen molar-refractivity contribution in [1.29, 1.82) is 0 Å². The zero-order valence-electron chi connectivity index (χ0n) is 59.6. The molecule has 0 saturated heterocycles. The van der Waals surface area contributed by atoms with Crippen LogP contribution in [0, 0.1) is 34.9 Å². The van der Waals surface area contributed by atoms with E-state index >= 15 is 0 Å². The molecule has 3 amide bonds. The average Bonchev–Trinajstić information content (AvgIpc) is 1.45. The van der Waals surface area contributed by atoms with Crippen LogP contribution in [0.1, 0.15) is 112 Å². The Labute approximate surface area is 647 Å². The third kappa shape index (κ3) is 19.5. The van der Waals surface area contributed by atoms with Gasteiger partial charge in [0.05, 0.1) is 39.5 Å². The number of oxazole rings is 3. The fraction of sp³-hybridized carbons (Fsp3) is 0.203. The monoisotopic (exact) mass is 1630 g/mol. The van der Waals surface area contributed by atoms with E-state index in [-0.39, 0.29) is 154 Å². The fourth-order valence-corrected chi connectivity index (χ4v) is 11.6. The van der Waals surface area contributed by atoms with Crippen LogP contribution < -0.4 is 46.5 Å². The molecule has 0 saturated carbocycles. The lowest BCUT2D eigenvalue weighted by Gasteiger charge is -2.13. The molecule has 0 bridgehead atoms. The highest BCUT2D eigenvalue weighted by Crippen LogP contribution is 2.42. The number of ether oxygens (including phenoxy) is 3. The Bertz CT molecular complexity index is 5460. The summed E-state index contributed by atoms with van der Waals surface area (Å²) in [5.41, 5.74) is 3.46. The molecule has 0 aliphatic heterocycles. The normalized spacial score (nSPS) is 12.4. The first-order valence-corrected chi connectivity index (χ1v) is 33.8. The average molecular weight is 1630 g/mol. The van der Waals surface area contributed by atoms with Gasteiger partial charge in [-0.2, -0.15) is 39.5 Å². The molecule has 7 N–H and O–H groups in total. The van der Waals surface area contributed by atoms with Gasteiger partial charge in [-0.1, -0.05) is 42.6 Å². The predicted molar refractivity (Wildman–Crippen MR) is 392 cm³/mol. The third-order valence-corrected chi connectivity index (χ3v) is 17.2. The molecule has 40 heteroatoms. The fourth-order valence-electron chi connectivity index (χ4n) is 11.2. The summed E-state index contributed by atoms with van der Waals surface area (Å²) in [4.78, 5) is 60.3. The van der Waals surface area contributed by atoms with Gasteiger partial charge in [0.25, 0.3) is 5.91 Å². The summed E-state index contributed by atoms with van der Waals surface area (Å²) in [6.45, 7) is 4.12. The Kier molecular flexibility index (Phi) is 25.7. The molecule has 12 aromatic rings. The molecule has 0 aliphatic rings. The van der Waals surface area contributed by atoms with Crippen molar-refractivity contribution in [2.24, 2.45) is 5.73 Å². The van der Waals surface area contributed by atoms with E-state index in [1.165, 1.54) is 82.9 Å². The number of halogens is 15. The third-order valence-electron chi connectivity index (χ3n) is 16.6. The van der Waals surface area contributed by atoms with Crippen molar-refractivity contribution in [2.45, 2.75) is 77.1 Å². The molecule has 0 fully saturated rings. The van der Waals surface area contributed by atoms with E-state index in [2.05, 4.69) is 56.5 Å². The van der Waals surface area contributed by atoms with Crippen molar-refractivity contribution in [3.8, 4) is 51.6 Å². The largest absolute Gasteiger partial charge is 0.494 e. The summed E-state index contributed by atoms with van der Waals surface area (Å²) in [5, 5.41) is 13.6. The minimum Gasteiger partial charge on any atom is -0.494 e. The number of aromatic nitrogens is 6. The van der Waals surface area contributed by atoms with Crippen LogP contribution in [0.5, 0.6) is 17.2 Å². The number of nitrogens with zero attached hydrogens (tertiary/aromatic N) is 6. The van der Waals surface area contributed by atoms with Gasteiger partial charge < -0.3 is 59.8 Å². The van der Waals surface area contributed by atoms with Gasteiger partial charge in [-0.15, -0.1) is 0 Å². The number of carbonyl (C=O) groups excluding carboxylic acids is 3. The van der Waals surface area contributed by atoms with E-state index in [9.17, 15) is 80.2 Å². The van der Waals surface area contributed by atoms with Gasteiger partial charge in [0, 0.05) is 87.4 Å². The number of carbonyl (C=O) groups is 3. The van der Waals surface area contributed by atoms with Gasteiger partial charge in [0.15, 0.2) is 34.6 Å². The zero-order chi connectivity index (χ0) is 83.2. The van der Waals surface area contributed by atoms with E-state index in [0.717, 1.165) is 60.7 Å². The number of rotatable bonds is 20.